The van der Waals surface area contributed by atoms with Gasteiger partial charge in [0.05, 0.1) is 18.1 Å². The van der Waals surface area contributed by atoms with Crippen molar-refractivity contribution in [1.82, 2.24) is 5.32 Å². The van der Waals surface area contributed by atoms with Gasteiger partial charge in [0, 0.05) is 6.54 Å². The van der Waals surface area contributed by atoms with Crippen LogP contribution < -0.4 is 10.1 Å². The molecule has 2 rings (SSSR count). The summed E-state index contributed by atoms with van der Waals surface area (Å²) in [6.45, 7) is 1.40. The summed E-state index contributed by atoms with van der Waals surface area (Å²) in [4.78, 5) is 0. The lowest BCUT2D eigenvalue weighted by Gasteiger charge is -2.12. The Morgan fingerprint density at radius 3 is 2.83 bits per heavy atom. The van der Waals surface area contributed by atoms with E-state index in [1.54, 1.807) is 7.11 Å². The maximum Gasteiger partial charge on any atom is 0.154 e. The highest BCUT2D eigenvalue weighted by Crippen LogP contribution is 2.20. The van der Waals surface area contributed by atoms with Gasteiger partial charge in [-0.05, 0) is 31.0 Å². The zero-order chi connectivity index (χ0) is 13.0. The number of hydrogen-bond donors (Lipinski definition) is 1. The van der Waals surface area contributed by atoms with Gasteiger partial charge in [0.2, 0.25) is 0 Å². The van der Waals surface area contributed by atoms with Crippen molar-refractivity contribution >= 4 is 9.84 Å². The highest BCUT2D eigenvalue weighted by Gasteiger charge is 2.28. The Morgan fingerprint density at radius 1 is 1.39 bits per heavy atom. The van der Waals surface area contributed by atoms with E-state index in [-0.39, 0.29) is 11.0 Å². The van der Waals surface area contributed by atoms with Gasteiger partial charge in [0.15, 0.2) is 9.84 Å². The van der Waals surface area contributed by atoms with Crippen molar-refractivity contribution in [3.8, 4) is 5.75 Å². The van der Waals surface area contributed by atoms with Gasteiger partial charge in [0.25, 0.3) is 0 Å². The van der Waals surface area contributed by atoms with Gasteiger partial charge in [-0.25, -0.2) is 8.42 Å². The van der Waals surface area contributed by atoms with Crippen LogP contribution in [-0.2, 0) is 16.3 Å². The second kappa shape index (κ2) is 5.71. The van der Waals surface area contributed by atoms with E-state index in [1.165, 1.54) is 0 Å². The van der Waals surface area contributed by atoms with Crippen molar-refractivity contribution in [1.29, 1.82) is 0 Å². The predicted octanol–water partition coefficient (Wildman–Crippen LogP) is 1.01. The van der Waals surface area contributed by atoms with E-state index in [1.807, 2.05) is 24.3 Å². The summed E-state index contributed by atoms with van der Waals surface area (Å²) < 4.78 is 29.5. The molecular formula is C13H19NO3S. The molecule has 0 aromatic heterocycles. The number of nitrogens with one attached hydrogen (secondary N) is 1. The minimum absolute atomic E-state index is 0.194. The highest BCUT2D eigenvalue weighted by molar-refractivity contribution is 7.92. The Hall–Kier alpha value is -1.07. The van der Waals surface area contributed by atoms with Crippen molar-refractivity contribution in [3.63, 3.8) is 0 Å². The van der Waals surface area contributed by atoms with E-state index in [4.69, 9.17) is 4.74 Å². The first kappa shape index (κ1) is 13.4. The Morgan fingerprint density at radius 2 is 2.17 bits per heavy atom. The fourth-order valence-electron chi connectivity index (χ4n) is 2.26. The van der Waals surface area contributed by atoms with Gasteiger partial charge in [-0.3, -0.25) is 0 Å². The average molecular weight is 269 g/mol. The van der Waals surface area contributed by atoms with Gasteiger partial charge in [-0.15, -0.1) is 0 Å². The first-order chi connectivity index (χ1) is 8.63. The van der Waals surface area contributed by atoms with Crippen LogP contribution in [0.15, 0.2) is 24.3 Å². The Balaban J connectivity index is 2.02. The largest absolute Gasteiger partial charge is 0.496 e. The van der Waals surface area contributed by atoms with Crippen LogP contribution in [0.3, 0.4) is 0 Å². The standard InChI is InChI=1S/C13H19NO3S/c1-17-13-5-3-2-4-11(13)7-9-18(15,16)12-6-8-14-10-12/h2-5,12,14H,6-10H2,1H3. The van der Waals surface area contributed by atoms with E-state index in [0.717, 1.165) is 24.3 Å². The molecule has 0 saturated carbocycles. The van der Waals surface area contributed by atoms with E-state index >= 15 is 0 Å². The molecule has 1 aromatic rings. The number of rotatable bonds is 5. The molecule has 0 spiro atoms. The normalized spacial score (nSPS) is 19.9. The summed E-state index contributed by atoms with van der Waals surface area (Å²) in [6, 6.07) is 7.57. The van der Waals surface area contributed by atoms with Crippen molar-refractivity contribution in [2.75, 3.05) is 26.0 Å². The van der Waals surface area contributed by atoms with Gasteiger partial charge in [-0.2, -0.15) is 0 Å². The first-order valence-electron chi connectivity index (χ1n) is 6.17. The summed E-state index contributed by atoms with van der Waals surface area (Å²) in [6.07, 6.45) is 1.25. The Bertz CT molecular complexity index is 493. The van der Waals surface area contributed by atoms with Gasteiger partial charge in [-0.1, -0.05) is 18.2 Å². The fraction of sp³-hybridized carbons (Fsp3) is 0.538. The third kappa shape index (κ3) is 3.03. The average Bonchev–Trinajstić information content (AvgIpc) is 2.91. The zero-order valence-corrected chi connectivity index (χ0v) is 11.4. The van der Waals surface area contributed by atoms with Crippen LogP contribution in [0.4, 0.5) is 0 Å². The topological polar surface area (TPSA) is 55.4 Å². The van der Waals surface area contributed by atoms with Crippen LogP contribution in [0.1, 0.15) is 12.0 Å². The highest BCUT2D eigenvalue weighted by atomic mass is 32.2. The lowest BCUT2D eigenvalue weighted by molar-refractivity contribution is 0.410. The van der Waals surface area contributed by atoms with Crippen molar-refractivity contribution in [3.05, 3.63) is 29.8 Å². The molecule has 18 heavy (non-hydrogen) atoms. The third-order valence-electron chi connectivity index (χ3n) is 3.37. The van der Waals surface area contributed by atoms with Crippen LogP contribution >= 0.6 is 0 Å². The smallest absolute Gasteiger partial charge is 0.154 e. The quantitative estimate of drug-likeness (QED) is 0.867. The van der Waals surface area contributed by atoms with E-state index < -0.39 is 9.84 Å². The maximum absolute atomic E-state index is 12.1. The van der Waals surface area contributed by atoms with Crippen molar-refractivity contribution < 1.29 is 13.2 Å². The first-order valence-corrected chi connectivity index (χ1v) is 7.89. The minimum atomic E-state index is -3.00. The van der Waals surface area contributed by atoms with Gasteiger partial charge < -0.3 is 10.1 Å². The molecule has 0 aliphatic carbocycles. The lowest BCUT2D eigenvalue weighted by Crippen LogP contribution is -2.27. The third-order valence-corrected chi connectivity index (χ3v) is 5.56. The summed E-state index contributed by atoms with van der Waals surface area (Å²) in [5.74, 6) is 0.956. The Labute approximate surface area is 108 Å². The molecule has 0 amide bonds. The molecule has 1 aromatic carbocycles. The van der Waals surface area contributed by atoms with E-state index in [9.17, 15) is 8.42 Å². The van der Waals surface area contributed by atoms with Gasteiger partial charge in [0.1, 0.15) is 5.75 Å². The molecule has 4 nitrogen and oxygen atoms in total. The number of ether oxygens (including phenoxy) is 1. The molecule has 1 aliphatic heterocycles. The molecule has 1 saturated heterocycles. The van der Waals surface area contributed by atoms with Crippen LogP contribution in [0.25, 0.3) is 0 Å². The molecule has 100 valence electrons. The molecule has 1 unspecified atom stereocenters. The molecule has 1 atom stereocenters. The summed E-state index contributed by atoms with van der Waals surface area (Å²) >= 11 is 0. The monoisotopic (exact) mass is 269 g/mol. The number of benzene rings is 1. The summed E-state index contributed by atoms with van der Waals surface area (Å²) in [5.41, 5.74) is 0.953. The van der Waals surface area contributed by atoms with E-state index in [0.29, 0.717) is 13.0 Å². The number of sulfone groups is 1. The predicted molar refractivity (Wildman–Crippen MR) is 71.8 cm³/mol. The molecular weight excluding hydrogens is 250 g/mol. The van der Waals surface area contributed by atoms with Gasteiger partial charge >= 0.3 is 0 Å². The second-order valence-electron chi connectivity index (χ2n) is 4.54. The van der Waals surface area contributed by atoms with Crippen molar-refractivity contribution in [2.24, 2.45) is 0 Å². The summed E-state index contributed by atoms with van der Waals surface area (Å²) in [7, 11) is -1.40. The van der Waals surface area contributed by atoms with Crippen LogP contribution in [0.5, 0.6) is 5.75 Å². The SMILES string of the molecule is COc1ccccc1CCS(=O)(=O)C1CCNC1. The molecule has 0 radical (unpaired) electrons. The number of methoxy groups -OCH3 is 1. The molecule has 1 fully saturated rings. The van der Waals surface area contributed by atoms with E-state index in [2.05, 4.69) is 5.32 Å². The number of hydrogen-bond acceptors (Lipinski definition) is 4. The van der Waals surface area contributed by atoms with Crippen molar-refractivity contribution in [2.45, 2.75) is 18.1 Å². The van der Waals surface area contributed by atoms with Crippen LogP contribution in [-0.4, -0.2) is 39.6 Å². The number of aryl methyl sites for hydroxylation is 1. The maximum atomic E-state index is 12.1. The second-order valence-corrected chi connectivity index (χ2v) is 6.94. The molecule has 0 bridgehead atoms. The lowest BCUT2D eigenvalue weighted by atomic mass is 10.1. The number of para-hydroxylation sites is 1. The zero-order valence-electron chi connectivity index (χ0n) is 10.6. The minimum Gasteiger partial charge on any atom is -0.496 e. The molecule has 1 heterocycles. The molecule has 1 aliphatic rings. The molecule has 5 heteroatoms. The van der Waals surface area contributed by atoms with Crippen LogP contribution in [0, 0.1) is 0 Å². The van der Waals surface area contributed by atoms with Crippen LogP contribution in [0.2, 0.25) is 0 Å². The fourth-order valence-corrected chi connectivity index (χ4v) is 3.95. The summed E-state index contributed by atoms with van der Waals surface area (Å²) in [5, 5.41) is 2.88. The Kier molecular flexibility index (Phi) is 4.24. The molecule has 1 N–H and O–H groups in total.